The summed E-state index contributed by atoms with van der Waals surface area (Å²) in [6.07, 6.45) is 2.33. The summed E-state index contributed by atoms with van der Waals surface area (Å²) >= 11 is 0. The van der Waals surface area contributed by atoms with Crippen LogP contribution < -0.4 is 10.3 Å². The zero-order chi connectivity index (χ0) is 15.9. The fourth-order valence-corrected chi connectivity index (χ4v) is 2.32. The van der Waals surface area contributed by atoms with Gasteiger partial charge >= 0.3 is 0 Å². The van der Waals surface area contributed by atoms with E-state index in [1.165, 1.54) is 6.20 Å². The van der Waals surface area contributed by atoms with E-state index in [9.17, 15) is 9.59 Å². The zero-order valence-corrected chi connectivity index (χ0v) is 12.8. The van der Waals surface area contributed by atoms with Crippen molar-refractivity contribution in [3.05, 3.63) is 64.1 Å². The second-order valence-corrected chi connectivity index (χ2v) is 4.95. The third-order valence-electron chi connectivity index (χ3n) is 3.38. The maximum Gasteiger partial charge on any atom is 0.260 e. The summed E-state index contributed by atoms with van der Waals surface area (Å²) in [5.41, 5.74) is 0.707. The molecule has 0 aliphatic carbocycles. The number of carbonyl (C=O) groups is 1. The fourth-order valence-electron chi connectivity index (χ4n) is 2.32. The first-order valence-electron chi connectivity index (χ1n) is 7.26. The molecule has 22 heavy (non-hydrogen) atoms. The maximum atomic E-state index is 12.6. The highest BCUT2D eigenvalue weighted by Gasteiger charge is 2.19. The molecule has 5 heteroatoms. The Morgan fingerprint density at radius 2 is 2.00 bits per heavy atom. The van der Waals surface area contributed by atoms with E-state index in [1.54, 1.807) is 24.1 Å². The Balaban J connectivity index is 2.28. The Labute approximate surface area is 129 Å². The number of amides is 1. The molecule has 1 N–H and O–H groups in total. The molecule has 116 valence electrons. The minimum Gasteiger partial charge on any atom is -0.496 e. The third-order valence-corrected chi connectivity index (χ3v) is 3.38. The normalized spacial score (nSPS) is 10.3. The molecule has 1 amide bonds. The first-order chi connectivity index (χ1) is 10.7. The number of aromatic amines is 1. The van der Waals surface area contributed by atoms with Gasteiger partial charge in [0.1, 0.15) is 11.3 Å². The lowest BCUT2D eigenvalue weighted by Gasteiger charge is -2.23. The van der Waals surface area contributed by atoms with Gasteiger partial charge in [-0.3, -0.25) is 9.59 Å². The Bertz CT molecular complexity index is 694. The van der Waals surface area contributed by atoms with Crippen LogP contribution in [-0.2, 0) is 6.54 Å². The van der Waals surface area contributed by atoms with Crippen molar-refractivity contribution in [1.82, 2.24) is 9.88 Å². The molecule has 1 aromatic carbocycles. The van der Waals surface area contributed by atoms with Crippen LogP contribution in [0.15, 0.2) is 47.4 Å². The van der Waals surface area contributed by atoms with E-state index in [1.807, 2.05) is 31.2 Å². The van der Waals surface area contributed by atoms with E-state index in [2.05, 4.69) is 4.98 Å². The van der Waals surface area contributed by atoms with Gasteiger partial charge in [-0.2, -0.15) is 0 Å². The summed E-state index contributed by atoms with van der Waals surface area (Å²) < 4.78 is 5.33. The number of methoxy groups -OCH3 is 1. The number of para-hydroxylation sites is 1. The molecule has 0 saturated carbocycles. The molecule has 0 atom stereocenters. The molecule has 0 saturated heterocycles. The fraction of sp³-hybridized carbons (Fsp3) is 0.294. The molecular formula is C17H20N2O3. The van der Waals surface area contributed by atoms with Gasteiger partial charge in [0.05, 0.1) is 7.11 Å². The lowest BCUT2D eigenvalue weighted by atomic mass is 10.1. The van der Waals surface area contributed by atoms with Gasteiger partial charge in [0, 0.05) is 24.8 Å². The largest absolute Gasteiger partial charge is 0.496 e. The number of rotatable bonds is 6. The lowest BCUT2D eigenvalue weighted by molar-refractivity contribution is 0.0740. The molecule has 0 bridgehead atoms. The molecule has 5 nitrogen and oxygen atoms in total. The van der Waals surface area contributed by atoms with Crippen molar-refractivity contribution >= 4 is 5.91 Å². The number of benzene rings is 1. The molecule has 1 heterocycles. The van der Waals surface area contributed by atoms with E-state index in [0.717, 1.165) is 17.7 Å². The monoisotopic (exact) mass is 300 g/mol. The number of nitrogens with zero attached hydrogens (tertiary/aromatic N) is 1. The van der Waals surface area contributed by atoms with E-state index < -0.39 is 0 Å². The van der Waals surface area contributed by atoms with E-state index in [0.29, 0.717) is 13.1 Å². The van der Waals surface area contributed by atoms with Crippen LogP contribution >= 0.6 is 0 Å². The number of hydrogen-bond acceptors (Lipinski definition) is 3. The van der Waals surface area contributed by atoms with Gasteiger partial charge in [-0.15, -0.1) is 0 Å². The van der Waals surface area contributed by atoms with Gasteiger partial charge in [0.15, 0.2) is 0 Å². The number of H-pyrrole nitrogens is 1. The van der Waals surface area contributed by atoms with Gasteiger partial charge in [0.2, 0.25) is 0 Å². The molecular weight excluding hydrogens is 280 g/mol. The van der Waals surface area contributed by atoms with Crippen LogP contribution in [-0.4, -0.2) is 29.4 Å². The number of carbonyl (C=O) groups excluding carboxylic acids is 1. The summed E-state index contributed by atoms with van der Waals surface area (Å²) in [6.45, 7) is 2.98. The molecule has 0 aliphatic rings. The van der Waals surface area contributed by atoms with Crippen LogP contribution in [0.5, 0.6) is 5.75 Å². The molecule has 0 spiro atoms. The quantitative estimate of drug-likeness (QED) is 0.891. The molecule has 2 rings (SSSR count). The number of nitrogens with one attached hydrogen (secondary N) is 1. The highest BCUT2D eigenvalue weighted by molar-refractivity contribution is 5.93. The molecule has 2 aromatic rings. The minimum atomic E-state index is -0.367. The molecule has 1 aromatic heterocycles. The summed E-state index contributed by atoms with van der Waals surface area (Å²) in [5, 5.41) is 0. The average Bonchev–Trinajstić information content (AvgIpc) is 2.55. The Morgan fingerprint density at radius 1 is 1.23 bits per heavy atom. The van der Waals surface area contributed by atoms with Crippen LogP contribution in [0.1, 0.15) is 29.3 Å². The summed E-state index contributed by atoms with van der Waals surface area (Å²) in [5.74, 6) is 0.466. The van der Waals surface area contributed by atoms with Gasteiger partial charge in [-0.25, -0.2) is 0 Å². The summed E-state index contributed by atoms with van der Waals surface area (Å²) in [4.78, 5) is 28.6. The van der Waals surface area contributed by atoms with E-state index >= 15 is 0 Å². The van der Waals surface area contributed by atoms with Crippen molar-refractivity contribution in [2.24, 2.45) is 0 Å². The average molecular weight is 300 g/mol. The molecule has 0 aliphatic heterocycles. The zero-order valence-electron chi connectivity index (χ0n) is 12.8. The molecule has 0 fully saturated rings. The first-order valence-corrected chi connectivity index (χ1v) is 7.26. The summed E-state index contributed by atoms with van der Waals surface area (Å²) in [7, 11) is 1.60. The Morgan fingerprint density at radius 3 is 2.68 bits per heavy atom. The van der Waals surface area contributed by atoms with Crippen molar-refractivity contribution in [2.75, 3.05) is 13.7 Å². The second kappa shape index (κ2) is 7.45. The van der Waals surface area contributed by atoms with Crippen LogP contribution in [0, 0.1) is 0 Å². The van der Waals surface area contributed by atoms with Crippen LogP contribution in [0.3, 0.4) is 0 Å². The number of hydrogen-bond donors (Lipinski definition) is 1. The van der Waals surface area contributed by atoms with E-state index in [4.69, 9.17) is 4.74 Å². The highest BCUT2D eigenvalue weighted by Crippen LogP contribution is 2.20. The number of aromatic nitrogens is 1. The van der Waals surface area contributed by atoms with Crippen molar-refractivity contribution in [2.45, 2.75) is 19.9 Å². The van der Waals surface area contributed by atoms with Crippen molar-refractivity contribution in [3.8, 4) is 5.75 Å². The lowest BCUT2D eigenvalue weighted by Crippen LogP contribution is -2.35. The first kappa shape index (κ1) is 15.8. The van der Waals surface area contributed by atoms with Gasteiger partial charge in [-0.1, -0.05) is 25.1 Å². The van der Waals surface area contributed by atoms with Crippen molar-refractivity contribution < 1.29 is 9.53 Å². The van der Waals surface area contributed by atoms with Crippen molar-refractivity contribution in [1.29, 1.82) is 0 Å². The predicted molar refractivity (Wildman–Crippen MR) is 85.1 cm³/mol. The molecule has 0 unspecified atom stereocenters. The minimum absolute atomic E-state index is 0.158. The molecule has 0 radical (unpaired) electrons. The SMILES string of the molecule is CCCN(Cc1ccccc1OC)C(=O)c1ccc[nH]c1=O. The second-order valence-electron chi connectivity index (χ2n) is 4.95. The third kappa shape index (κ3) is 3.55. The topological polar surface area (TPSA) is 62.4 Å². The summed E-state index contributed by atoms with van der Waals surface area (Å²) in [6, 6.07) is 10.8. The smallest absolute Gasteiger partial charge is 0.260 e. The number of ether oxygens (including phenoxy) is 1. The van der Waals surface area contributed by atoms with Crippen molar-refractivity contribution in [3.63, 3.8) is 0 Å². The van der Waals surface area contributed by atoms with Gasteiger partial charge in [-0.05, 0) is 24.6 Å². The Hall–Kier alpha value is -2.56. The van der Waals surface area contributed by atoms with Gasteiger partial charge < -0.3 is 14.6 Å². The van der Waals surface area contributed by atoms with Crippen LogP contribution in [0.25, 0.3) is 0 Å². The standard InChI is InChI=1S/C17H20N2O3/c1-3-11-19(12-13-7-4-5-9-15(13)22-2)17(21)14-8-6-10-18-16(14)20/h4-10H,3,11-12H2,1-2H3,(H,18,20). The highest BCUT2D eigenvalue weighted by atomic mass is 16.5. The predicted octanol–water partition coefficient (Wildman–Crippen LogP) is 2.44. The Kier molecular flexibility index (Phi) is 5.36. The van der Waals surface area contributed by atoms with E-state index in [-0.39, 0.29) is 17.0 Å². The van der Waals surface area contributed by atoms with Gasteiger partial charge in [0.25, 0.3) is 11.5 Å². The van der Waals surface area contributed by atoms with Crippen LogP contribution in [0.4, 0.5) is 0 Å². The number of pyridine rings is 1. The van der Waals surface area contributed by atoms with Crippen LogP contribution in [0.2, 0.25) is 0 Å². The maximum absolute atomic E-state index is 12.6.